The summed E-state index contributed by atoms with van der Waals surface area (Å²) < 4.78 is 12.6. The number of methoxy groups -OCH3 is 1. The fourth-order valence-electron chi connectivity index (χ4n) is 2.45. The lowest BCUT2D eigenvalue weighted by Gasteiger charge is -2.16. The molecule has 0 saturated carbocycles. The van der Waals surface area contributed by atoms with Crippen molar-refractivity contribution in [3.63, 3.8) is 0 Å². The van der Waals surface area contributed by atoms with Gasteiger partial charge in [0.15, 0.2) is 0 Å². The highest BCUT2D eigenvalue weighted by Gasteiger charge is 2.19. The lowest BCUT2D eigenvalue weighted by Crippen LogP contribution is -2.19. The number of hydrogen-bond acceptors (Lipinski definition) is 3. The van der Waals surface area contributed by atoms with E-state index >= 15 is 0 Å². The predicted octanol–water partition coefficient (Wildman–Crippen LogP) is 3.71. The Kier molecular flexibility index (Phi) is 4.47. The fraction of sp³-hybridized carbons (Fsp3) is 0.167. The molecule has 3 rings (SSSR count). The molecule has 23 heavy (non-hydrogen) atoms. The van der Waals surface area contributed by atoms with Gasteiger partial charge in [-0.1, -0.05) is 0 Å². The highest BCUT2D eigenvalue weighted by atomic mass is 16.5. The molecule has 0 radical (unpaired) electrons. The minimum Gasteiger partial charge on any atom is -0.497 e. The van der Waals surface area contributed by atoms with Crippen LogP contribution in [-0.2, 0) is 4.79 Å². The van der Waals surface area contributed by atoms with Crippen LogP contribution >= 0.6 is 0 Å². The maximum absolute atomic E-state index is 12.4. The Balaban J connectivity index is 1.71. The number of aromatic nitrogens is 1. The average Bonchev–Trinajstić information content (AvgIpc) is 3.27. The standard InChI is InChI=1S/C18H18N2O3/c1-22-15-8-6-14(7-9-15)19-18(21)13-16(17-5-4-12-23-17)20-10-2-3-11-20/h2-12,16H,13H2,1H3,(H,19,21)/t16-/m1/s1. The molecule has 1 amide bonds. The Morgan fingerprint density at radius 1 is 1.17 bits per heavy atom. The maximum Gasteiger partial charge on any atom is 0.226 e. The van der Waals surface area contributed by atoms with Crippen LogP contribution in [0, 0.1) is 0 Å². The lowest BCUT2D eigenvalue weighted by molar-refractivity contribution is -0.116. The van der Waals surface area contributed by atoms with Gasteiger partial charge in [0, 0.05) is 18.1 Å². The van der Waals surface area contributed by atoms with Gasteiger partial charge in [-0.2, -0.15) is 0 Å². The van der Waals surface area contributed by atoms with Gasteiger partial charge < -0.3 is 19.0 Å². The van der Waals surface area contributed by atoms with E-state index in [0.29, 0.717) is 0 Å². The van der Waals surface area contributed by atoms with Crippen LogP contribution in [-0.4, -0.2) is 17.6 Å². The molecule has 2 aromatic heterocycles. The van der Waals surface area contributed by atoms with Gasteiger partial charge in [-0.05, 0) is 48.5 Å². The molecule has 5 heteroatoms. The van der Waals surface area contributed by atoms with Gasteiger partial charge in [0.25, 0.3) is 0 Å². The van der Waals surface area contributed by atoms with Crippen LogP contribution in [0.1, 0.15) is 18.2 Å². The minimum atomic E-state index is -0.168. The fourth-order valence-corrected chi connectivity index (χ4v) is 2.45. The normalized spacial score (nSPS) is 11.9. The third kappa shape index (κ3) is 3.63. The summed E-state index contributed by atoms with van der Waals surface area (Å²) in [6.07, 6.45) is 5.75. The third-order valence-corrected chi connectivity index (χ3v) is 3.61. The second kappa shape index (κ2) is 6.87. The SMILES string of the molecule is COc1ccc(NC(=O)C[C@H](c2ccco2)n2cccc2)cc1. The molecule has 0 unspecified atom stereocenters. The number of nitrogens with zero attached hydrogens (tertiary/aromatic N) is 1. The number of carbonyl (C=O) groups is 1. The topological polar surface area (TPSA) is 56.4 Å². The van der Waals surface area contributed by atoms with E-state index in [1.54, 1.807) is 13.4 Å². The predicted molar refractivity (Wildman–Crippen MR) is 87.5 cm³/mol. The number of furan rings is 1. The molecule has 0 fully saturated rings. The van der Waals surface area contributed by atoms with Gasteiger partial charge in [-0.25, -0.2) is 0 Å². The molecule has 2 heterocycles. The molecule has 0 aliphatic rings. The summed E-state index contributed by atoms with van der Waals surface area (Å²) >= 11 is 0. The van der Waals surface area contributed by atoms with Crippen LogP contribution in [0.2, 0.25) is 0 Å². The van der Waals surface area contributed by atoms with E-state index in [-0.39, 0.29) is 18.4 Å². The van der Waals surface area contributed by atoms with Crippen LogP contribution in [0.5, 0.6) is 5.75 Å². The van der Waals surface area contributed by atoms with Crippen LogP contribution in [0.15, 0.2) is 71.6 Å². The first kappa shape index (κ1) is 15.0. The number of carbonyl (C=O) groups excluding carboxylic acids is 1. The van der Waals surface area contributed by atoms with Crippen LogP contribution < -0.4 is 10.1 Å². The Morgan fingerprint density at radius 2 is 1.91 bits per heavy atom. The molecular formula is C18H18N2O3. The van der Waals surface area contributed by atoms with Crippen molar-refractivity contribution in [3.05, 3.63) is 72.9 Å². The summed E-state index contributed by atoms with van der Waals surface area (Å²) in [5, 5.41) is 2.90. The van der Waals surface area contributed by atoms with E-state index in [2.05, 4.69) is 5.32 Å². The lowest BCUT2D eigenvalue weighted by atomic mass is 10.1. The molecule has 0 aliphatic heterocycles. The van der Waals surface area contributed by atoms with Crippen molar-refractivity contribution in [3.8, 4) is 5.75 Å². The van der Waals surface area contributed by atoms with E-state index in [0.717, 1.165) is 17.2 Å². The first-order chi connectivity index (χ1) is 11.3. The van der Waals surface area contributed by atoms with Crippen molar-refractivity contribution < 1.29 is 13.9 Å². The molecule has 1 N–H and O–H groups in total. The van der Waals surface area contributed by atoms with Gasteiger partial charge in [0.2, 0.25) is 5.91 Å². The monoisotopic (exact) mass is 310 g/mol. The number of amides is 1. The van der Waals surface area contributed by atoms with Crippen molar-refractivity contribution in [1.29, 1.82) is 0 Å². The van der Waals surface area contributed by atoms with Crippen molar-refractivity contribution in [2.75, 3.05) is 12.4 Å². The molecule has 0 spiro atoms. The van der Waals surface area contributed by atoms with Crippen LogP contribution in [0.25, 0.3) is 0 Å². The van der Waals surface area contributed by atoms with Crippen molar-refractivity contribution in [2.24, 2.45) is 0 Å². The van der Waals surface area contributed by atoms with Crippen molar-refractivity contribution in [1.82, 2.24) is 4.57 Å². The first-order valence-corrected chi connectivity index (χ1v) is 7.36. The van der Waals surface area contributed by atoms with E-state index in [4.69, 9.17) is 9.15 Å². The van der Waals surface area contributed by atoms with Crippen molar-refractivity contribution >= 4 is 11.6 Å². The summed E-state index contributed by atoms with van der Waals surface area (Å²) in [4.78, 5) is 12.4. The highest BCUT2D eigenvalue weighted by molar-refractivity contribution is 5.91. The largest absolute Gasteiger partial charge is 0.497 e. The highest BCUT2D eigenvalue weighted by Crippen LogP contribution is 2.24. The molecule has 0 aliphatic carbocycles. The Bertz CT molecular complexity index is 697. The van der Waals surface area contributed by atoms with E-state index in [9.17, 15) is 4.79 Å². The number of nitrogens with one attached hydrogen (secondary N) is 1. The smallest absolute Gasteiger partial charge is 0.226 e. The molecule has 1 atom stereocenters. The van der Waals surface area contributed by atoms with Crippen LogP contribution in [0.4, 0.5) is 5.69 Å². The van der Waals surface area contributed by atoms with E-state index in [1.807, 2.05) is 65.5 Å². The minimum absolute atomic E-state index is 0.0785. The third-order valence-electron chi connectivity index (χ3n) is 3.61. The summed E-state index contributed by atoms with van der Waals surface area (Å²) in [6.45, 7) is 0. The molecule has 3 aromatic rings. The summed E-state index contributed by atoms with van der Waals surface area (Å²) in [7, 11) is 1.61. The quantitative estimate of drug-likeness (QED) is 0.755. The zero-order valence-corrected chi connectivity index (χ0v) is 12.8. The van der Waals surface area contributed by atoms with E-state index < -0.39 is 0 Å². The average molecular weight is 310 g/mol. The molecule has 1 aromatic carbocycles. The molecule has 0 saturated heterocycles. The van der Waals surface area contributed by atoms with Gasteiger partial charge in [-0.3, -0.25) is 4.79 Å². The molecule has 5 nitrogen and oxygen atoms in total. The molecule has 118 valence electrons. The van der Waals surface area contributed by atoms with Gasteiger partial charge in [0.1, 0.15) is 11.5 Å². The summed E-state index contributed by atoms with van der Waals surface area (Å²) in [5.74, 6) is 1.43. The summed E-state index contributed by atoms with van der Waals surface area (Å²) in [5.41, 5.74) is 0.738. The Morgan fingerprint density at radius 3 is 2.52 bits per heavy atom. The summed E-state index contributed by atoms with van der Waals surface area (Å²) in [6, 6.07) is 14.6. The molecule has 0 bridgehead atoms. The number of ether oxygens (including phenoxy) is 1. The maximum atomic E-state index is 12.4. The number of rotatable bonds is 6. The van der Waals surface area contributed by atoms with Gasteiger partial charge in [-0.15, -0.1) is 0 Å². The zero-order chi connectivity index (χ0) is 16.1. The molecular weight excluding hydrogens is 292 g/mol. The number of anilines is 1. The van der Waals surface area contributed by atoms with Gasteiger partial charge in [0.05, 0.1) is 25.8 Å². The zero-order valence-electron chi connectivity index (χ0n) is 12.8. The Hall–Kier alpha value is -2.95. The second-order valence-electron chi connectivity index (χ2n) is 5.14. The van der Waals surface area contributed by atoms with E-state index in [1.165, 1.54) is 0 Å². The Labute approximate surface area is 134 Å². The number of benzene rings is 1. The number of hydrogen-bond donors (Lipinski definition) is 1. The second-order valence-corrected chi connectivity index (χ2v) is 5.14. The first-order valence-electron chi connectivity index (χ1n) is 7.36. The van der Waals surface area contributed by atoms with Crippen molar-refractivity contribution in [2.45, 2.75) is 12.5 Å². The van der Waals surface area contributed by atoms with Crippen LogP contribution in [0.3, 0.4) is 0 Å². The van der Waals surface area contributed by atoms with Gasteiger partial charge >= 0.3 is 0 Å².